The second-order valence-corrected chi connectivity index (χ2v) is 12.0. The van der Waals surface area contributed by atoms with Crippen molar-refractivity contribution < 1.29 is 13.2 Å². The lowest BCUT2D eigenvalue weighted by Gasteiger charge is -2.26. The first-order chi connectivity index (χ1) is 15.9. The van der Waals surface area contributed by atoms with Crippen LogP contribution >= 0.6 is 11.8 Å². The van der Waals surface area contributed by atoms with Crippen molar-refractivity contribution >= 4 is 33.4 Å². The van der Waals surface area contributed by atoms with Gasteiger partial charge >= 0.3 is 0 Å². The number of carbonyl (C=O) groups is 1. The number of benzene rings is 2. The van der Waals surface area contributed by atoms with Gasteiger partial charge in [0.2, 0.25) is 15.9 Å². The number of nitrogens with zero attached hydrogens (tertiary/aromatic N) is 2. The van der Waals surface area contributed by atoms with Gasteiger partial charge in [-0.3, -0.25) is 9.69 Å². The topological polar surface area (TPSA) is 69.7 Å². The third-order valence-corrected chi connectivity index (χ3v) is 9.17. The molecule has 2 aromatic carbocycles. The Morgan fingerprint density at radius 3 is 2.27 bits per heavy atom. The smallest absolute Gasteiger partial charge is 0.243 e. The number of amides is 1. The Morgan fingerprint density at radius 2 is 1.61 bits per heavy atom. The molecule has 0 bridgehead atoms. The first-order valence-corrected chi connectivity index (χ1v) is 14.3. The fourth-order valence-corrected chi connectivity index (χ4v) is 6.89. The van der Waals surface area contributed by atoms with Crippen molar-refractivity contribution in [3.63, 3.8) is 0 Å². The maximum Gasteiger partial charge on any atom is 0.243 e. The molecule has 2 aliphatic heterocycles. The Morgan fingerprint density at radius 1 is 0.939 bits per heavy atom. The number of hydrogen-bond acceptors (Lipinski definition) is 5. The molecule has 4 rings (SSSR count). The molecule has 33 heavy (non-hydrogen) atoms. The van der Waals surface area contributed by atoms with Crippen LogP contribution < -0.4 is 5.32 Å². The molecule has 0 radical (unpaired) electrons. The lowest BCUT2D eigenvalue weighted by molar-refractivity contribution is -0.115. The van der Waals surface area contributed by atoms with Gasteiger partial charge in [-0.25, -0.2) is 8.42 Å². The fraction of sp³-hybridized carbons (Fsp3) is 0.480. The zero-order valence-electron chi connectivity index (χ0n) is 19.3. The average Bonchev–Trinajstić information content (AvgIpc) is 2.82. The Hall–Kier alpha value is -1.87. The second kappa shape index (κ2) is 11.0. The van der Waals surface area contributed by atoms with Crippen molar-refractivity contribution in [2.24, 2.45) is 0 Å². The Kier molecular flexibility index (Phi) is 8.11. The van der Waals surface area contributed by atoms with Crippen molar-refractivity contribution in [3.8, 4) is 0 Å². The molecule has 2 heterocycles. The molecule has 2 aromatic rings. The van der Waals surface area contributed by atoms with Gasteiger partial charge in [0.25, 0.3) is 0 Å². The lowest BCUT2D eigenvalue weighted by Crippen LogP contribution is -2.35. The van der Waals surface area contributed by atoms with E-state index in [9.17, 15) is 13.2 Å². The monoisotopic (exact) mass is 487 g/mol. The molecule has 178 valence electrons. The van der Waals surface area contributed by atoms with E-state index >= 15 is 0 Å². The summed E-state index contributed by atoms with van der Waals surface area (Å²) in [5.74, 6) is 2.28. The van der Waals surface area contributed by atoms with E-state index in [1.54, 1.807) is 28.6 Å². The highest BCUT2D eigenvalue weighted by Crippen LogP contribution is 2.22. The van der Waals surface area contributed by atoms with Crippen LogP contribution in [-0.2, 0) is 27.8 Å². The van der Waals surface area contributed by atoms with E-state index in [4.69, 9.17) is 0 Å². The number of carbonyl (C=O) groups excluding carboxylic acids is 1. The number of rotatable bonds is 7. The first kappa shape index (κ1) is 24.3. The van der Waals surface area contributed by atoms with E-state index in [0.717, 1.165) is 55.7 Å². The molecule has 0 spiro atoms. The van der Waals surface area contributed by atoms with E-state index in [1.807, 2.05) is 24.8 Å². The number of anilines is 1. The summed E-state index contributed by atoms with van der Waals surface area (Å²) >= 11 is 2.01. The van der Waals surface area contributed by atoms with Crippen LogP contribution in [0, 0.1) is 6.92 Å². The number of thioether (sulfide) groups is 1. The highest BCUT2D eigenvalue weighted by Gasteiger charge is 2.25. The van der Waals surface area contributed by atoms with Crippen molar-refractivity contribution in [1.29, 1.82) is 0 Å². The van der Waals surface area contributed by atoms with Gasteiger partial charge in [-0.15, -0.1) is 0 Å². The van der Waals surface area contributed by atoms with Crippen LogP contribution in [0.5, 0.6) is 0 Å². The fourth-order valence-electron chi connectivity index (χ4n) is 4.40. The summed E-state index contributed by atoms with van der Waals surface area (Å²) in [6, 6.07) is 12.9. The Bertz CT molecular complexity index is 1060. The van der Waals surface area contributed by atoms with Crippen LogP contribution in [0.4, 0.5) is 5.69 Å². The van der Waals surface area contributed by atoms with Crippen LogP contribution in [0.2, 0.25) is 0 Å². The maximum atomic E-state index is 12.8. The molecular weight excluding hydrogens is 454 g/mol. The van der Waals surface area contributed by atoms with Crippen LogP contribution in [0.3, 0.4) is 0 Å². The van der Waals surface area contributed by atoms with Crippen LogP contribution in [0.25, 0.3) is 0 Å². The minimum absolute atomic E-state index is 0.106. The predicted molar refractivity (Wildman–Crippen MR) is 135 cm³/mol. The first-order valence-electron chi connectivity index (χ1n) is 11.7. The highest BCUT2D eigenvalue weighted by atomic mass is 32.2. The molecule has 6 nitrogen and oxygen atoms in total. The summed E-state index contributed by atoms with van der Waals surface area (Å²) in [6.07, 6.45) is 3.11. The van der Waals surface area contributed by atoms with Gasteiger partial charge in [0.15, 0.2) is 0 Å². The second-order valence-electron chi connectivity index (χ2n) is 8.87. The summed E-state index contributed by atoms with van der Waals surface area (Å²) < 4.78 is 27.2. The normalized spacial score (nSPS) is 18.2. The maximum absolute atomic E-state index is 12.8. The Labute approximate surface area is 201 Å². The summed E-state index contributed by atoms with van der Waals surface area (Å²) in [6.45, 7) is 6.39. The van der Waals surface area contributed by atoms with E-state index in [-0.39, 0.29) is 12.3 Å². The predicted octanol–water partition coefficient (Wildman–Crippen LogP) is 3.90. The van der Waals surface area contributed by atoms with Gasteiger partial charge in [-0.1, -0.05) is 30.7 Å². The molecule has 1 N–H and O–H groups in total. The SMILES string of the molecule is Cc1cc(CN2CCSCC2)ccc1NC(=O)Cc1ccc(S(=O)(=O)N2CCCCC2)cc1. The number of hydrogen-bond donors (Lipinski definition) is 1. The largest absolute Gasteiger partial charge is 0.326 e. The molecule has 2 fully saturated rings. The summed E-state index contributed by atoms with van der Waals surface area (Å²) in [5.41, 5.74) is 3.93. The van der Waals surface area contributed by atoms with Crippen molar-refractivity contribution in [3.05, 3.63) is 59.2 Å². The van der Waals surface area contributed by atoms with Crippen LogP contribution in [0.1, 0.15) is 36.0 Å². The highest BCUT2D eigenvalue weighted by molar-refractivity contribution is 7.99. The molecule has 0 unspecified atom stereocenters. The summed E-state index contributed by atoms with van der Waals surface area (Å²) in [7, 11) is -3.45. The van der Waals surface area contributed by atoms with Gasteiger partial charge in [0, 0.05) is 49.9 Å². The summed E-state index contributed by atoms with van der Waals surface area (Å²) in [4.78, 5) is 15.4. The van der Waals surface area contributed by atoms with E-state index in [1.165, 1.54) is 17.1 Å². The van der Waals surface area contributed by atoms with Crippen molar-refractivity contribution in [1.82, 2.24) is 9.21 Å². The van der Waals surface area contributed by atoms with E-state index in [0.29, 0.717) is 18.0 Å². The number of aryl methyl sites for hydroxylation is 1. The van der Waals surface area contributed by atoms with Gasteiger partial charge in [0.05, 0.1) is 11.3 Å². The minimum atomic E-state index is -3.45. The molecule has 0 aromatic heterocycles. The molecule has 8 heteroatoms. The number of nitrogens with one attached hydrogen (secondary N) is 1. The lowest BCUT2D eigenvalue weighted by atomic mass is 10.1. The number of piperidine rings is 1. The standard InChI is InChI=1S/C25H33N3O3S2/c1-20-17-22(19-27-13-15-32-16-14-27)7-10-24(20)26-25(29)18-21-5-8-23(9-6-21)33(30,31)28-11-3-2-4-12-28/h5-10,17H,2-4,11-16,18-19H2,1H3,(H,26,29). The molecule has 1 amide bonds. The van der Waals surface area contributed by atoms with Crippen molar-refractivity contribution in [2.75, 3.05) is 43.0 Å². The van der Waals surface area contributed by atoms with Gasteiger partial charge in [-0.05, 0) is 54.7 Å². The molecule has 2 saturated heterocycles. The van der Waals surface area contributed by atoms with E-state index < -0.39 is 10.0 Å². The molecule has 0 atom stereocenters. The van der Waals surface area contributed by atoms with Crippen LogP contribution in [0.15, 0.2) is 47.4 Å². The molecule has 0 saturated carbocycles. The molecular formula is C25H33N3O3S2. The number of sulfonamides is 1. The third-order valence-electron chi connectivity index (χ3n) is 6.32. The Balaban J connectivity index is 1.33. The van der Waals surface area contributed by atoms with Gasteiger partial charge < -0.3 is 5.32 Å². The van der Waals surface area contributed by atoms with Gasteiger partial charge in [-0.2, -0.15) is 16.1 Å². The van der Waals surface area contributed by atoms with E-state index in [2.05, 4.69) is 22.3 Å². The molecule has 2 aliphatic rings. The summed E-state index contributed by atoms with van der Waals surface area (Å²) in [5, 5.41) is 3.00. The van der Waals surface area contributed by atoms with Crippen molar-refractivity contribution in [2.45, 2.75) is 44.0 Å². The quantitative estimate of drug-likeness (QED) is 0.642. The third kappa shape index (κ3) is 6.38. The zero-order chi connectivity index (χ0) is 23.3. The average molecular weight is 488 g/mol. The zero-order valence-corrected chi connectivity index (χ0v) is 20.9. The molecule has 0 aliphatic carbocycles. The van der Waals surface area contributed by atoms with Gasteiger partial charge in [0.1, 0.15) is 0 Å². The van der Waals surface area contributed by atoms with Crippen LogP contribution in [-0.4, -0.2) is 61.2 Å². The minimum Gasteiger partial charge on any atom is -0.326 e.